The number of hydrogen-bond donors (Lipinski definition) is 1. The SMILES string of the molecule is CSc1cccc(NC(=O)Cn2cc(-c3nc(-c4cccc(Br)c4)no3)ccc2=O)c1. The van der Waals surface area contributed by atoms with Crippen LogP contribution in [-0.4, -0.2) is 26.9 Å². The predicted octanol–water partition coefficient (Wildman–Crippen LogP) is 4.69. The Morgan fingerprint density at radius 2 is 1.97 bits per heavy atom. The third-order valence-corrected chi connectivity index (χ3v) is 5.63. The molecule has 0 spiro atoms. The highest BCUT2D eigenvalue weighted by atomic mass is 79.9. The highest BCUT2D eigenvalue weighted by Gasteiger charge is 2.13. The number of hydrogen-bond acceptors (Lipinski definition) is 6. The van der Waals surface area contributed by atoms with Crippen molar-refractivity contribution < 1.29 is 9.32 Å². The lowest BCUT2D eigenvalue weighted by Gasteiger charge is -2.09. The summed E-state index contributed by atoms with van der Waals surface area (Å²) in [7, 11) is 0. The van der Waals surface area contributed by atoms with Crippen LogP contribution in [0.25, 0.3) is 22.8 Å². The summed E-state index contributed by atoms with van der Waals surface area (Å²) in [5.41, 5.74) is 1.72. The van der Waals surface area contributed by atoms with E-state index in [2.05, 4.69) is 31.4 Å². The molecule has 0 aliphatic carbocycles. The first-order chi connectivity index (χ1) is 15.0. The highest BCUT2D eigenvalue weighted by molar-refractivity contribution is 9.10. The molecule has 0 unspecified atom stereocenters. The minimum absolute atomic E-state index is 0.136. The first-order valence-electron chi connectivity index (χ1n) is 9.26. The Morgan fingerprint density at radius 1 is 1.13 bits per heavy atom. The van der Waals surface area contributed by atoms with Gasteiger partial charge in [0.2, 0.25) is 11.7 Å². The summed E-state index contributed by atoms with van der Waals surface area (Å²) in [6.07, 6.45) is 3.50. The normalized spacial score (nSPS) is 10.8. The second-order valence-corrected chi connectivity index (χ2v) is 8.39. The third kappa shape index (κ3) is 5.12. The summed E-state index contributed by atoms with van der Waals surface area (Å²) in [4.78, 5) is 30.2. The molecule has 31 heavy (non-hydrogen) atoms. The molecule has 0 saturated heterocycles. The smallest absolute Gasteiger partial charge is 0.259 e. The minimum Gasteiger partial charge on any atom is -0.334 e. The van der Waals surface area contributed by atoms with Gasteiger partial charge in [-0.1, -0.05) is 39.3 Å². The van der Waals surface area contributed by atoms with E-state index in [9.17, 15) is 9.59 Å². The van der Waals surface area contributed by atoms with E-state index >= 15 is 0 Å². The van der Waals surface area contributed by atoms with Gasteiger partial charge in [-0.3, -0.25) is 9.59 Å². The van der Waals surface area contributed by atoms with Gasteiger partial charge >= 0.3 is 0 Å². The van der Waals surface area contributed by atoms with Gasteiger partial charge in [-0.25, -0.2) is 0 Å². The molecule has 0 atom stereocenters. The van der Waals surface area contributed by atoms with E-state index in [1.165, 1.54) is 10.6 Å². The van der Waals surface area contributed by atoms with E-state index in [0.717, 1.165) is 14.9 Å². The lowest BCUT2D eigenvalue weighted by molar-refractivity contribution is -0.116. The number of rotatable bonds is 6. The van der Waals surface area contributed by atoms with Crippen molar-refractivity contribution in [1.29, 1.82) is 0 Å². The fourth-order valence-electron chi connectivity index (χ4n) is 2.92. The van der Waals surface area contributed by atoms with Crippen LogP contribution >= 0.6 is 27.7 Å². The zero-order valence-electron chi connectivity index (χ0n) is 16.4. The van der Waals surface area contributed by atoms with Crippen LogP contribution < -0.4 is 10.9 Å². The molecule has 4 rings (SSSR count). The van der Waals surface area contributed by atoms with Crippen LogP contribution in [-0.2, 0) is 11.3 Å². The molecular formula is C22H17BrN4O3S. The van der Waals surface area contributed by atoms with Gasteiger partial charge in [0.05, 0.1) is 5.56 Å². The summed E-state index contributed by atoms with van der Waals surface area (Å²) in [6, 6.07) is 18.0. The number of pyridine rings is 1. The molecule has 9 heteroatoms. The van der Waals surface area contributed by atoms with E-state index in [-0.39, 0.29) is 23.9 Å². The van der Waals surface area contributed by atoms with Crippen molar-refractivity contribution in [3.63, 3.8) is 0 Å². The van der Waals surface area contributed by atoms with Crippen molar-refractivity contribution in [2.75, 3.05) is 11.6 Å². The van der Waals surface area contributed by atoms with Crippen molar-refractivity contribution >= 4 is 39.3 Å². The van der Waals surface area contributed by atoms with Gasteiger partial charge in [-0.2, -0.15) is 4.98 Å². The Labute approximate surface area is 190 Å². The fourth-order valence-corrected chi connectivity index (χ4v) is 3.78. The number of nitrogens with zero attached hydrogens (tertiary/aromatic N) is 3. The summed E-state index contributed by atoms with van der Waals surface area (Å²) in [5.74, 6) is 0.384. The number of nitrogens with one attached hydrogen (secondary N) is 1. The van der Waals surface area contributed by atoms with Crippen LogP contribution in [0, 0.1) is 0 Å². The van der Waals surface area contributed by atoms with Gasteiger partial charge in [0.25, 0.3) is 11.4 Å². The van der Waals surface area contributed by atoms with Crippen molar-refractivity contribution in [3.8, 4) is 22.8 Å². The zero-order chi connectivity index (χ0) is 21.8. The van der Waals surface area contributed by atoms with E-state index in [4.69, 9.17) is 4.52 Å². The van der Waals surface area contributed by atoms with Crippen molar-refractivity contribution in [2.45, 2.75) is 11.4 Å². The lowest BCUT2D eigenvalue weighted by atomic mass is 10.2. The second kappa shape index (κ2) is 9.32. The second-order valence-electron chi connectivity index (χ2n) is 6.60. The molecule has 7 nitrogen and oxygen atoms in total. The minimum atomic E-state index is -0.308. The number of carbonyl (C=O) groups is 1. The van der Waals surface area contributed by atoms with Crippen LogP contribution in [0.1, 0.15) is 0 Å². The van der Waals surface area contributed by atoms with Crippen molar-refractivity contribution in [1.82, 2.24) is 14.7 Å². The Bertz CT molecular complexity index is 1300. The van der Waals surface area contributed by atoms with Gasteiger partial charge in [-0.05, 0) is 42.7 Å². The number of benzene rings is 2. The maximum atomic E-state index is 12.5. The summed E-state index contributed by atoms with van der Waals surface area (Å²) in [5, 5.41) is 6.83. The number of carbonyl (C=O) groups excluding carboxylic acids is 1. The number of aromatic nitrogens is 3. The number of anilines is 1. The van der Waals surface area contributed by atoms with E-state index in [1.807, 2.05) is 48.7 Å². The number of thioether (sulfide) groups is 1. The van der Waals surface area contributed by atoms with E-state index in [0.29, 0.717) is 17.1 Å². The molecule has 156 valence electrons. The predicted molar refractivity (Wildman–Crippen MR) is 124 cm³/mol. The van der Waals surface area contributed by atoms with Crippen molar-refractivity contribution in [3.05, 3.63) is 81.7 Å². The molecule has 2 heterocycles. The Kier molecular flexibility index (Phi) is 6.34. The number of amides is 1. The third-order valence-electron chi connectivity index (χ3n) is 4.41. The van der Waals surface area contributed by atoms with E-state index in [1.54, 1.807) is 30.1 Å². The fraction of sp³-hybridized carbons (Fsp3) is 0.0909. The molecular weight excluding hydrogens is 480 g/mol. The van der Waals surface area contributed by atoms with Crippen LogP contribution in [0.4, 0.5) is 5.69 Å². The molecule has 1 amide bonds. The maximum absolute atomic E-state index is 12.5. The number of halogens is 1. The molecule has 0 radical (unpaired) electrons. The Hall–Kier alpha value is -3.17. The quantitative estimate of drug-likeness (QED) is 0.389. The molecule has 0 aliphatic rings. The zero-order valence-corrected chi connectivity index (χ0v) is 18.8. The van der Waals surface area contributed by atoms with Crippen LogP contribution in [0.3, 0.4) is 0 Å². The maximum Gasteiger partial charge on any atom is 0.259 e. The topological polar surface area (TPSA) is 90.0 Å². The molecule has 0 fully saturated rings. The summed E-state index contributed by atoms with van der Waals surface area (Å²) < 4.78 is 7.58. The van der Waals surface area contributed by atoms with Gasteiger partial charge in [0.15, 0.2) is 0 Å². The monoisotopic (exact) mass is 496 g/mol. The molecule has 0 bridgehead atoms. The molecule has 2 aromatic carbocycles. The summed E-state index contributed by atoms with van der Waals surface area (Å²) in [6.45, 7) is -0.136. The first-order valence-corrected chi connectivity index (χ1v) is 11.3. The summed E-state index contributed by atoms with van der Waals surface area (Å²) >= 11 is 5.00. The van der Waals surface area contributed by atoms with Crippen molar-refractivity contribution in [2.24, 2.45) is 0 Å². The van der Waals surface area contributed by atoms with Crippen LogP contribution in [0.15, 0.2) is 85.5 Å². The molecule has 2 aromatic heterocycles. The standard InChI is InChI=1S/C22H17BrN4O3S/c1-31-18-7-3-6-17(11-18)24-19(28)13-27-12-15(8-9-20(27)29)22-25-21(26-30-22)14-4-2-5-16(23)10-14/h2-12H,13H2,1H3,(H,24,28). The van der Waals surface area contributed by atoms with Gasteiger partial charge in [0.1, 0.15) is 6.54 Å². The molecule has 0 saturated carbocycles. The molecule has 0 aliphatic heterocycles. The first kappa shape index (κ1) is 21.1. The van der Waals surface area contributed by atoms with Crippen LogP contribution in [0.5, 0.6) is 0 Å². The highest BCUT2D eigenvalue weighted by Crippen LogP contribution is 2.24. The van der Waals surface area contributed by atoms with Gasteiger partial charge < -0.3 is 14.4 Å². The molecule has 1 N–H and O–H groups in total. The Balaban J connectivity index is 1.53. The molecule has 4 aromatic rings. The van der Waals surface area contributed by atoms with Crippen LogP contribution in [0.2, 0.25) is 0 Å². The van der Waals surface area contributed by atoms with Gasteiger partial charge in [0, 0.05) is 32.9 Å². The average Bonchev–Trinajstić information content (AvgIpc) is 3.26. The average molecular weight is 497 g/mol. The lowest BCUT2D eigenvalue weighted by Crippen LogP contribution is -2.26. The largest absolute Gasteiger partial charge is 0.334 e. The van der Waals surface area contributed by atoms with E-state index < -0.39 is 0 Å². The van der Waals surface area contributed by atoms with Gasteiger partial charge in [-0.15, -0.1) is 11.8 Å². The Morgan fingerprint density at radius 3 is 2.77 bits per heavy atom.